The second-order valence-electron chi connectivity index (χ2n) is 5.06. The van der Waals surface area contributed by atoms with E-state index in [0.29, 0.717) is 12.2 Å². The first kappa shape index (κ1) is 9.70. The Labute approximate surface area is 94.4 Å². The summed E-state index contributed by atoms with van der Waals surface area (Å²) < 4.78 is 10.7. The van der Waals surface area contributed by atoms with Crippen LogP contribution in [0.2, 0.25) is 0 Å². The van der Waals surface area contributed by atoms with Gasteiger partial charge < -0.3 is 9.47 Å². The first-order valence-corrected chi connectivity index (χ1v) is 5.55. The fourth-order valence-corrected chi connectivity index (χ4v) is 2.43. The summed E-state index contributed by atoms with van der Waals surface area (Å²) in [5.74, 6) is 1.68. The van der Waals surface area contributed by atoms with Crippen LogP contribution in [0.4, 0.5) is 0 Å². The first-order chi connectivity index (χ1) is 7.58. The van der Waals surface area contributed by atoms with Gasteiger partial charge in [-0.15, -0.1) is 0 Å². The molecule has 1 heterocycles. The molecule has 0 saturated carbocycles. The molecule has 0 atom stereocenters. The summed E-state index contributed by atoms with van der Waals surface area (Å²) in [5, 5.41) is 0. The number of ketones is 1. The Bertz CT molecular complexity index is 474. The van der Waals surface area contributed by atoms with Gasteiger partial charge in [0, 0.05) is 12.0 Å². The van der Waals surface area contributed by atoms with Gasteiger partial charge in [0.05, 0.1) is 0 Å². The van der Waals surface area contributed by atoms with Crippen LogP contribution in [0, 0.1) is 0 Å². The average molecular weight is 218 g/mol. The second kappa shape index (κ2) is 3.00. The number of Topliss-reactive ketones (excluding diaryl/α,β-unsaturated/α-hetero) is 1. The highest BCUT2D eigenvalue weighted by Gasteiger charge is 2.34. The molecule has 0 spiro atoms. The average Bonchev–Trinajstić information content (AvgIpc) is 2.69. The van der Waals surface area contributed by atoms with Crippen LogP contribution in [0.3, 0.4) is 0 Å². The van der Waals surface area contributed by atoms with Crippen LogP contribution in [0.5, 0.6) is 11.5 Å². The summed E-state index contributed by atoms with van der Waals surface area (Å²) in [6.45, 7) is 4.59. The lowest BCUT2D eigenvalue weighted by molar-refractivity contribution is 0.0956. The standard InChI is InChI=1S/C13H14O3/c1-13(2)4-3-10(14)8-5-11-12(6-9(8)13)16-7-15-11/h5-6H,3-4,7H2,1-2H3. The summed E-state index contributed by atoms with van der Waals surface area (Å²) in [7, 11) is 0. The van der Waals surface area contributed by atoms with Gasteiger partial charge in [-0.25, -0.2) is 0 Å². The first-order valence-electron chi connectivity index (χ1n) is 5.55. The van der Waals surface area contributed by atoms with Gasteiger partial charge >= 0.3 is 0 Å². The third-order valence-electron chi connectivity index (χ3n) is 3.52. The minimum atomic E-state index is 0.0459. The highest BCUT2D eigenvalue weighted by atomic mass is 16.7. The lowest BCUT2D eigenvalue weighted by Gasteiger charge is -2.31. The van der Waals surface area contributed by atoms with E-state index in [1.54, 1.807) is 0 Å². The largest absolute Gasteiger partial charge is 0.454 e. The Balaban J connectivity index is 2.23. The van der Waals surface area contributed by atoms with Gasteiger partial charge in [0.2, 0.25) is 6.79 Å². The number of rotatable bonds is 0. The monoisotopic (exact) mass is 218 g/mol. The maximum Gasteiger partial charge on any atom is 0.231 e. The van der Waals surface area contributed by atoms with E-state index in [9.17, 15) is 4.79 Å². The lowest BCUT2D eigenvalue weighted by atomic mass is 9.72. The number of carbonyl (C=O) groups excluding carboxylic acids is 1. The van der Waals surface area contributed by atoms with Crippen molar-refractivity contribution in [1.82, 2.24) is 0 Å². The smallest absolute Gasteiger partial charge is 0.231 e. The molecule has 16 heavy (non-hydrogen) atoms. The Kier molecular flexibility index (Phi) is 1.82. The zero-order chi connectivity index (χ0) is 11.3. The van der Waals surface area contributed by atoms with Gasteiger partial charge in [0.1, 0.15) is 0 Å². The van der Waals surface area contributed by atoms with Crippen molar-refractivity contribution in [3.63, 3.8) is 0 Å². The number of ether oxygens (including phenoxy) is 2. The van der Waals surface area contributed by atoms with Crippen molar-refractivity contribution in [2.45, 2.75) is 32.1 Å². The van der Waals surface area contributed by atoms with Gasteiger partial charge in [-0.2, -0.15) is 0 Å². The zero-order valence-electron chi connectivity index (χ0n) is 9.50. The maximum absolute atomic E-state index is 11.9. The summed E-state index contributed by atoms with van der Waals surface area (Å²) >= 11 is 0. The van der Waals surface area contributed by atoms with Gasteiger partial charge in [-0.1, -0.05) is 13.8 Å². The third-order valence-corrected chi connectivity index (χ3v) is 3.52. The van der Waals surface area contributed by atoms with Crippen molar-refractivity contribution in [3.05, 3.63) is 23.3 Å². The van der Waals surface area contributed by atoms with E-state index in [4.69, 9.17) is 9.47 Å². The van der Waals surface area contributed by atoms with Crippen LogP contribution < -0.4 is 9.47 Å². The molecule has 0 unspecified atom stereocenters. The minimum absolute atomic E-state index is 0.0459. The van der Waals surface area contributed by atoms with Crippen molar-refractivity contribution < 1.29 is 14.3 Å². The molecule has 2 aliphatic rings. The third kappa shape index (κ3) is 1.24. The van der Waals surface area contributed by atoms with E-state index in [-0.39, 0.29) is 18.0 Å². The molecule has 0 aromatic heterocycles. The highest BCUT2D eigenvalue weighted by Crippen LogP contribution is 2.43. The number of hydrogen-bond acceptors (Lipinski definition) is 3. The van der Waals surface area contributed by atoms with E-state index in [1.807, 2.05) is 12.1 Å². The predicted octanol–water partition coefficient (Wildman–Crippen LogP) is 2.67. The topological polar surface area (TPSA) is 35.5 Å². The molecule has 3 rings (SSSR count). The molecule has 3 heteroatoms. The predicted molar refractivity (Wildman–Crippen MR) is 59.2 cm³/mol. The van der Waals surface area contributed by atoms with Crippen molar-refractivity contribution >= 4 is 5.78 Å². The van der Waals surface area contributed by atoms with E-state index < -0.39 is 0 Å². The van der Waals surface area contributed by atoms with Crippen molar-refractivity contribution in [2.75, 3.05) is 6.79 Å². The summed E-state index contributed by atoms with van der Waals surface area (Å²) in [4.78, 5) is 11.9. The molecule has 1 aromatic carbocycles. The molecule has 0 saturated heterocycles. The van der Waals surface area contributed by atoms with E-state index in [0.717, 1.165) is 23.3 Å². The van der Waals surface area contributed by atoms with Crippen molar-refractivity contribution in [2.24, 2.45) is 0 Å². The van der Waals surface area contributed by atoms with E-state index in [2.05, 4.69) is 13.8 Å². The molecule has 1 aliphatic heterocycles. The maximum atomic E-state index is 11.9. The molecular weight excluding hydrogens is 204 g/mol. The van der Waals surface area contributed by atoms with Crippen LogP contribution in [0.25, 0.3) is 0 Å². The normalized spacial score (nSPS) is 20.8. The summed E-state index contributed by atoms with van der Waals surface area (Å²) in [5.41, 5.74) is 1.94. The van der Waals surface area contributed by atoms with E-state index >= 15 is 0 Å². The summed E-state index contributed by atoms with van der Waals surface area (Å²) in [6, 6.07) is 3.80. The zero-order valence-corrected chi connectivity index (χ0v) is 9.50. The molecule has 0 fully saturated rings. The molecule has 1 aliphatic carbocycles. The summed E-state index contributed by atoms with van der Waals surface area (Å²) in [6.07, 6.45) is 1.53. The molecule has 84 valence electrons. The van der Waals surface area contributed by atoms with Gasteiger partial charge in [-0.3, -0.25) is 4.79 Å². The fraction of sp³-hybridized carbons (Fsp3) is 0.462. The number of hydrogen-bond donors (Lipinski definition) is 0. The number of carbonyl (C=O) groups is 1. The number of benzene rings is 1. The van der Waals surface area contributed by atoms with Crippen LogP contribution in [0.1, 0.15) is 42.6 Å². The molecular formula is C13H14O3. The molecule has 0 bridgehead atoms. The SMILES string of the molecule is CC1(C)CCC(=O)c2cc3c(cc21)OCO3. The quantitative estimate of drug-likeness (QED) is 0.671. The minimum Gasteiger partial charge on any atom is -0.454 e. The molecule has 1 aromatic rings. The fourth-order valence-electron chi connectivity index (χ4n) is 2.43. The van der Waals surface area contributed by atoms with Crippen molar-refractivity contribution in [3.8, 4) is 11.5 Å². The Morgan fingerprint density at radius 2 is 1.88 bits per heavy atom. The Morgan fingerprint density at radius 3 is 2.62 bits per heavy atom. The van der Waals surface area contributed by atoms with Crippen LogP contribution in [-0.2, 0) is 5.41 Å². The van der Waals surface area contributed by atoms with Crippen LogP contribution in [-0.4, -0.2) is 12.6 Å². The molecule has 0 radical (unpaired) electrons. The lowest BCUT2D eigenvalue weighted by Crippen LogP contribution is -2.27. The highest BCUT2D eigenvalue weighted by molar-refractivity contribution is 5.99. The second-order valence-corrected chi connectivity index (χ2v) is 5.06. The molecule has 0 N–H and O–H groups in total. The van der Waals surface area contributed by atoms with Gasteiger partial charge in [0.25, 0.3) is 0 Å². The molecule has 0 amide bonds. The van der Waals surface area contributed by atoms with Gasteiger partial charge in [-0.05, 0) is 29.5 Å². The number of fused-ring (bicyclic) bond motifs is 2. The van der Waals surface area contributed by atoms with E-state index in [1.165, 1.54) is 0 Å². The van der Waals surface area contributed by atoms with Crippen LogP contribution in [0.15, 0.2) is 12.1 Å². The Morgan fingerprint density at radius 1 is 1.19 bits per heavy atom. The molecule has 3 nitrogen and oxygen atoms in total. The Hall–Kier alpha value is -1.51. The van der Waals surface area contributed by atoms with Crippen molar-refractivity contribution in [1.29, 1.82) is 0 Å². The van der Waals surface area contributed by atoms with Crippen LogP contribution >= 0.6 is 0 Å². The van der Waals surface area contributed by atoms with Gasteiger partial charge in [0.15, 0.2) is 17.3 Å².